The molecule has 0 aromatic carbocycles. The van der Waals surface area contributed by atoms with Crippen molar-refractivity contribution in [1.29, 1.82) is 0 Å². The minimum Gasteiger partial charge on any atom is -0.360 e. The van der Waals surface area contributed by atoms with Crippen LogP contribution in [0.1, 0.15) is 26.7 Å². The Morgan fingerprint density at radius 3 is 2.77 bits per heavy atom. The van der Waals surface area contributed by atoms with Gasteiger partial charge in [0.15, 0.2) is 0 Å². The number of ether oxygens (including phenoxy) is 1. The normalized spacial score (nSPS) is 35.9. The number of carbonyl (C=O) groups is 3. The number of nitrogens with zero attached hydrogens (tertiary/aromatic N) is 2. The summed E-state index contributed by atoms with van der Waals surface area (Å²) in [5, 5.41) is 2.72. The zero-order valence-electron chi connectivity index (χ0n) is 15.4. The Morgan fingerprint density at radius 2 is 2.08 bits per heavy atom. The summed E-state index contributed by atoms with van der Waals surface area (Å²) < 4.78 is 6.15. The number of piperidine rings is 1. The quantitative estimate of drug-likeness (QED) is 0.724. The van der Waals surface area contributed by atoms with Crippen LogP contribution in [0.2, 0.25) is 0 Å². The molecule has 3 amide bonds. The third-order valence-electron chi connectivity index (χ3n) is 6.31. The van der Waals surface area contributed by atoms with E-state index in [0.717, 1.165) is 25.9 Å². The Kier molecular flexibility index (Phi) is 4.29. The molecule has 7 nitrogen and oxygen atoms in total. The molecule has 0 aromatic rings. The van der Waals surface area contributed by atoms with Gasteiger partial charge in [0.2, 0.25) is 17.7 Å². The van der Waals surface area contributed by atoms with Crippen LogP contribution in [0.4, 0.5) is 0 Å². The molecule has 0 aliphatic carbocycles. The second-order valence-electron chi connectivity index (χ2n) is 8.15. The summed E-state index contributed by atoms with van der Waals surface area (Å²) in [7, 11) is 0. The van der Waals surface area contributed by atoms with E-state index in [1.54, 1.807) is 4.90 Å². The summed E-state index contributed by atoms with van der Waals surface area (Å²) in [6.07, 6.45) is 5.68. The number of rotatable bonds is 4. The minimum atomic E-state index is -0.665. The van der Waals surface area contributed by atoms with Crippen LogP contribution in [0.25, 0.3) is 0 Å². The minimum absolute atomic E-state index is 0.0223. The molecule has 4 aliphatic rings. The molecular formula is C19H27N3O4. The molecular weight excluding hydrogens is 334 g/mol. The zero-order chi connectivity index (χ0) is 18.5. The van der Waals surface area contributed by atoms with Gasteiger partial charge in [-0.25, -0.2) is 0 Å². The van der Waals surface area contributed by atoms with E-state index in [1.165, 1.54) is 6.92 Å². The summed E-state index contributed by atoms with van der Waals surface area (Å²) in [6.45, 7) is 6.54. The van der Waals surface area contributed by atoms with Gasteiger partial charge in [-0.2, -0.15) is 0 Å². The third-order valence-corrected chi connectivity index (χ3v) is 6.31. The lowest BCUT2D eigenvalue weighted by molar-refractivity contribution is -0.144. The van der Waals surface area contributed by atoms with Gasteiger partial charge in [0.25, 0.3) is 0 Å². The molecule has 0 saturated carbocycles. The number of fused-ring (bicyclic) bond motifs is 1. The smallest absolute Gasteiger partial charge is 0.230 e. The molecule has 3 fully saturated rings. The average molecular weight is 361 g/mol. The second-order valence-corrected chi connectivity index (χ2v) is 8.15. The van der Waals surface area contributed by atoms with Crippen LogP contribution in [0, 0.1) is 17.8 Å². The Hall–Kier alpha value is -1.89. The average Bonchev–Trinajstić information content (AvgIpc) is 3.23. The fraction of sp³-hybridized carbons (Fsp3) is 0.737. The predicted molar refractivity (Wildman–Crippen MR) is 94.0 cm³/mol. The third kappa shape index (κ3) is 2.73. The zero-order valence-corrected chi connectivity index (χ0v) is 15.4. The number of hydrogen-bond acceptors (Lipinski definition) is 4. The maximum atomic E-state index is 13.2. The summed E-state index contributed by atoms with van der Waals surface area (Å²) in [4.78, 5) is 40.9. The van der Waals surface area contributed by atoms with Crippen LogP contribution in [0.3, 0.4) is 0 Å². The Morgan fingerprint density at radius 1 is 1.35 bits per heavy atom. The molecule has 4 atom stereocenters. The van der Waals surface area contributed by atoms with E-state index in [1.807, 2.05) is 17.1 Å². The Balaban J connectivity index is 1.48. The molecule has 4 heterocycles. The number of hydrogen-bond donors (Lipinski definition) is 1. The molecule has 142 valence electrons. The van der Waals surface area contributed by atoms with Gasteiger partial charge >= 0.3 is 0 Å². The van der Waals surface area contributed by atoms with E-state index in [9.17, 15) is 14.4 Å². The monoisotopic (exact) mass is 361 g/mol. The summed E-state index contributed by atoms with van der Waals surface area (Å²) in [6, 6.07) is 0. The van der Waals surface area contributed by atoms with Gasteiger partial charge in [0, 0.05) is 33.1 Å². The fourth-order valence-corrected chi connectivity index (χ4v) is 4.86. The maximum absolute atomic E-state index is 13.2. The molecule has 0 radical (unpaired) electrons. The Bertz CT molecular complexity index is 655. The molecule has 1 spiro atoms. The van der Waals surface area contributed by atoms with Crippen LogP contribution >= 0.6 is 0 Å². The lowest BCUT2D eigenvalue weighted by Crippen LogP contribution is -2.48. The molecule has 0 aromatic heterocycles. The summed E-state index contributed by atoms with van der Waals surface area (Å²) >= 11 is 0. The molecule has 4 rings (SSSR count). The second kappa shape index (κ2) is 6.37. The van der Waals surface area contributed by atoms with Crippen LogP contribution in [-0.4, -0.2) is 72.0 Å². The van der Waals surface area contributed by atoms with Crippen LogP contribution in [-0.2, 0) is 19.1 Å². The van der Waals surface area contributed by atoms with Crippen molar-refractivity contribution >= 4 is 17.7 Å². The first-order valence-corrected chi connectivity index (χ1v) is 9.60. The van der Waals surface area contributed by atoms with Crippen molar-refractivity contribution in [2.45, 2.75) is 38.4 Å². The van der Waals surface area contributed by atoms with Crippen molar-refractivity contribution in [1.82, 2.24) is 15.1 Å². The van der Waals surface area contributed by atoms with Crippen molar-refractivity contribution in [3.8, 4) is 0 Å². The molecule has 3 saturated heterocycles. The number of likely N-dealkylation sites (tertiary alicyclic amines) is 2. The van der Waals surface area contributed by atoms with Gasteiger partial charge in [-0.1, -0.05) is 19.1 Å². The van der Waals surface area contributed by atoms with Crippen LogP contribution in [0.5, 0.6) is 0 Å². The highest BCUT2D eigenvalue weighted by Crippen LogP contribution is 2.52. The first-order valence-electron chi connectivity index (χ1n) is 9.60. The van der Waals surface area contributed by atoms with Gasteiger partial charge in [-0.3, -0.25) is 14.4 Å². The highest BCUT2D eigenvalue weighted by Gasteiger charge is 2.67. The maximum Gasteiger partial charge on any atom is 0.230 e. The van der Waals surface area contributed by atoms with Crippen molar-refractivity contribution < 1.29 is 19.1 Å². The predicted octanol–water partition coefficient (Wildman–Crippen LogP) is 0.163. The fourth-order valence-electron chi connectivity index (χ4n) is 4.86. The molecule has 7 heteroatoms. The number of amides is 3. The van der Waals surface area contributed by atoms with E-state index in [4.69, 9.17) is 4.74 Å². The standard InChI is InChI=1S/C19H27N3O4/c1-12-4-8-21(9-5-12)17(24)15-14-3-6-19(26-14)11-22(18(25)16(15)19)10-7-20-13(2)23/h3,6,12,14-16H,4-5,7-11H2,1-2H3,(H,20,23)/t14-,15-,16+,19-/m0/s1. The van der Waals surface area contributed by atoms with Gasteiger partial charge in [-0.15, -0.1) is 0 Å². The molecule has 26 heavy (non-hydrogen) atoms. The van der Waals surface area contributed by atoms with Gasteiger partial charge in [0.05, 0.1) is 24.5 Å². The van der Waals surface area contributed by atoms with Crippen molar-refractivity contribution in [2.24, 2.45) is 17.8 Å². The topological polar surface area (TPSA) is 79.0 Å². The first-order chi connectivity index (χ1) is 12.4. The molecule has 4 aliphatic heterocycles. The van der Waals surface area contributed by atoms with E-state index in [2.05, 4.69) is 12.2 Å². The van der Waals surface area contributed by atoms with E-state index >= 15 is 0 Å². The first kappa shape index (κ1) is 17.5. The SMILES string of the molecule is CC(=O)NCCN1C[C@]23C=C[C@H](O2)[C@H](C(=O)N2CCC(C)CC2)[C@@H]3C1=O. The highest BCUT2D eigenvalue weighted by atomic mass is 16.5. The molecule has 1 N–H and O–H groups in total. The molecule has 2 bridgehead atoms. The van der Waals surface area contributed by atoms with Crippen molar-refractivity contribution in [2.75, 3.05) is 32.7 Å². The summed E-state index contributed by atoms with van der Waals surface area (Å²) in [5.41, 5.74) is -0.665. The highest BCUT2D eigenvalue weighted by molar-refractivity contribution is 5.93. The van der Waals surface area contributed by atoms with Gasteiger partial charge < -0.3 is 19.9 Å². The van der Waals surface area contributed by atoms with E-state index in [0.29, 0.717) is 25.6 Å². The number of nitrogens with one attached hydrogen (secondary N) is 1. The van der Waals surface area contributed by atoms with E-state index < -0.39 is 17.4 Å². The molecule has 0 unspecified atom stereocenters. The lowest BCUT2D eigenvalue weighted by atomic mass is 9.76. The van der Waals surface area contributed by atoms with Crippen LogP contribution < -0.4 is 5.32 Å². The summed E-state index contributed by atoms with van der Waals surface area (Å²) in [5.74, 6) is -0.257. The number of carbonyl (C=O) groups excluding carboxylic acids is 3. The van der Waals surface area contributed by atoms with Gasteiger partial charge in [-0.05, 0) is 18.8 Å². The van der Waals surface area contributed by atoms with Crippen LogP contribution in [0.15, 0.2) is 12.2 Å². The van der Waals surface area contributed by atoms with Gasteiger partial charge in [0.1, 0.15) is 5.60 Å². The van der Waals surface area contributed by atoms with Crippen molar-refractivity contribution in [3.63, 3.8) is 0 Å². The van der Waals surface area contributed by atoms with E-state index in [-0.39, 0.29) is 23.8 Å². The largest absolute Gasteiger partial charge is 0.360 e. The lowest BCUT2D eigenvalue weighted by Gasteiger charge is -2.34. The van der Waals surface area contributed by atoms with Crippen molar-refractivity contribution in [3.05, 3.63) is 12.2 Å². The Labute approximate surface area is 153 Å².